The van der Waals surface area contributed by atoms with E-state index in [1.807, 2.05) is 0 Å². The second-order valence-corrected chi connectivity index (χ2v) is 10.6. The summed E-state index contributed by atoms with van der Waals surface area (Å²) in [5.74, 6) is 12.4. The van der Waals surface area contributed by atoms with Crippen LogP contribution in [0.2, 0.25) is 0 Å². The van der Waals surface area contributed by atoms with Crippen molar-refractivity contribution in [3.05, 3.63) is 11.9 Å². The van der Waals surface area contributed by atoms with E-state index in [-0.39, 0.29) is 28.9 Å². The van der Waals surface area contributed by atoms with Gasteiger partial charge in [0.15, 0.2) is 5.84 Å². The minimum atomic E-state index is -2.74. The number of amides is 1. The Morgan fingerprint density at radius 1 is 1.18 bits per heavy atom. The lowest BCUT2D eigenvalue weighted by molar-refractivity contribution is -0.133. The molecule has 3 aliphatic rings. The average molecular weight is 566 g/mol. The molecule has 3 aliphatic carbocycles. The van der Waals surface area contributed by atoms with Crippen LogP contribution in [0, 0.1) is 29.1 Å². The Hall–Kier alpha value is -3.46. The molecule has 0 aromatic carbocycles. The fraction of sp³-hybridized carbons (Fsp3) is 0.680. The molecule has 40 heavy (non-hydrogen) atoms. The van der Waals surface area contributed by atoms with E-state index < -0.39 is 30.8 Å². The lowest BCUT2D eigenvalue weighted by Crippen LogP contribution is -2.49. The maximum Gasteiger partial charge on any atom is 0.264 e. The molecule has 9 N–H and O–H groups in total. The number of hydrogen-bond donors (Lipinski definition) is 6. The topological polar surface area (TPSA) is 207 Å². The molecule has 3 rings (SSSR count). The van der Waals surface area contributed by atoms with Crippen LogP contribution in [0.4, 0.5) is 8.78 Å². The zero-order valence-corrected chi connectivity index (χ0v) is 23.0. The van der Waals surface area contributed by atoms with Gasteiger partial charge in [-0.3, -0.25) is 14.8 Å². The molecule has 2 unspecified atom stereocenters. The van der Waals surface area contributed by atoms with Gasteiger partial charge in [0, 0.05) is 25.4 Å². The highest BCUT2D eigenvalue weighted by atomic mass is 19.3. The van der Waals surface area contributed by atoms with Gasteiger partial charge in [0.1, 0.15) is 17.5 Å². The highest BCUT2D eigenvalue weighted by Gasteiger charge is 2.48. The summed E-state index contributed by atoms with van der Waals surface area (Å²) >= 11 is 0. The maximum absolute atomic E-state index is 13.9. The molecular weight excluding hydrogens is 524 g/mol. The number of nitrogens with zero attached hydrogens (tertiary/aromatic N) is 6. The Labute approximate surface area is 232 Å². The van der Waals surface area contributed by atoms with Crippen LogP contribution >= 0.6 is 0 Å². The van der Waals surface area contributed by atoms with Gasteiger partial charge in [-0.2, -0.15) is 15.2 Å². The monoisotopic (exact) mass is 565 g/mol. The van der Waals surface area contributed by atoms with Gasteiger partial charge in [0.2, 0.25) is 6.43 Å². The molecular formula is C25H41F2N11O2. The third-order valence-electron chi connectivity index (χ3n) is 7.37. The van der Waals surface area contributed by atoms with Crippen LogP contribution in [-0.4, -0.2) is 82.9 Å². The minimum Gasteiger partial charge on any atom is -0.410 e. The predicted octanol–water partition coefficient (Wildman–Crippen LogP) is 1.45. The molecule has 0 aromatic heterocycles. The van der Waals surface area contributed by atoms with Crippen molar-refractivity contribution in [1.82, 2.24) is 15.3 Å². The Balaban J connectivity index is 1.94. The lowest BCUT2D eigenvalue weighted by Gasteiger charge is -2.30. The number of alkyl halides is 2. The molecule has 0 aliphatic heterocycles. The number of hydrazone groups is 2. The second kappa shape index (κ2) is 14.3. The third-order valence-corrected chi connectivity index (χ3v) is 7.37. The second-order valence-electron chi connectivity index (χ2n) is 10.6. The molecule has 0 spiro atoms. The van der Waals surface area contributed by atoms with Crippen LogP contribution in [0.5, 0.6) is 0 Å². The fourth-order valence-corrected chi connectivity index (χ4v) is 4.82. The highest BCUT2D eigenvalue weighted by Crippen LogP contribution is 2.51. The van der Waals surface area contributed by atoms with Crippen LogP contribution in [0.15, 0.2) is 32.2 Å². The third kappa shape index (κ3) is 8.52. The quantitative estimate of drug-likeness (QED) is 0.0533. The van der Waals surface area contributed by atoms with E-state index in [0.717, 1.165) is 62.2 Å². The molecule has 0 saturated heterocycles. The highest BCUT2D eigenvalue weighted by molar-refractivity contribution is 6.61. The smallest absolute Gasteiger partial charge is 0.264 e. The molecule has 2 atom stereocenters. The number of hydrazine groups is 1. The number of amidine groups is 1. The SMILES string of the molecule is CNC(C(=O)N(/N=C/C(=N/O)C(C)=N)/C(C=NC(CC(F)F)/C(=N/N)N(N)CC1CC1)=C/N)C(C1CC1)C1CC1. The number of likely N-dealkylation sites (N-methyl/N-ethyl adjacent to an activating group) is 1. The average Bonchev–Trinajstić information content (AvgIpc) is 3.74. The van der Waals surface area contributed by atoms with Gasteiger partial charge >= 0.3 is 0 Å². The van der Waals surface area contributed by atoms with Crippen molar-refractivity contribution >= 4 is 35.6 Å². The van der Waals surface area contributed by atoms with Crippen LogP contribution < -0.4 is 22.7 Å². The van der Waals surface area contributed by atoms with Gasteiger partial charge < -0.3 is 27.5 Å². The van der Waals surface area contributed by atoms with Crippen molar-refractivity contribution in [3.8, 4) is 0 Å². The number of rotatable bonds is 16. The summed E-state index contributed by atoms with van der Waals surface area (Å²) in [5.41, 5.74) is 5.61. The van der Waals surface area contributed by atoms with E-state index in [1.54, 1.807) is 7.05 Å². The number of nitrogens with one attached hydrogen (secondary N) is 2. The van der Waals surface area contributed by atoms with E-state index in [1.165, 1.54) is 11.9 Å². The first-order valence-corrected chi connectivity index (χ1v) is 13.5. The molecule has 222 valence electrons. The largest absolute Gasteiger partial charge is 0.410 e. The van der Waals surface area contributed by atoms with Gasteiger partial charge in [-0.1, -0.05) is 5.16 Å². The number of carbonyl (C=O) groups excluding carboxylic acids is 1. The van der Waals surface area contributed by atoms with E-state index in [0.29, 0.717) is 24.3 Å². The van der Waals surface area contributed by atoms with E-state index in [4.69, 9.17) is 22.8 Å². The Kier molecular flexibility index (Phi) is 11.1. The first-order chi connectivity index (χ1) is 19.1. The number of halogens is 2. The number of oxime groups is 1. The number of allylic oxidation sites excluding steroid dienone is 1. The maximum atomic E-state index is 13.9. The Morgan fingerprint density at radius 3 is 2.23 bits per heavy atom. The molecule has 0 radical (unpaired) electrons. The van der Waals surface area contributed by atoms with Gasteiger partial charge in [-0.05, 0) is 76.2 Å². The summed E-state index contributed by atoms with van der Waals surface area (Å²) in [5, 5.41) is 33.3. The molecule has 3 saturated carbocycles. The van der Waals surface area contributed by atoms with E-state index in [9.17, 15) is 18.8 Å². The number of aliphatic imine (C=N–C) groups is 1. The zero-order chi connectivity index (χ0) is 29.4. The normalized spacial score (nSPS) is 20.5. The van der Waals surface area contributed by atoms with Gasteiger partial charge in [-0.25, -0.2) is 14.6 Å². The van der Waals surface area contributed by atoms with Crippen LogP contribution in [-0.2, 0) is 4.79 Å². The Morgan fingerprint density at radius 2 is 1.80 bits per heavy atom. The first kappa shape index (κ1) is 31.1. The van der Waals surface area contributed by atoms with Crippen LogP contribution in [0.3, 0.4) is 0 Å². The van der Waals surface area contributed by atoms with Crippen molar-refractivity contribution in [2.24, 2.45) is 61.4 Å². The standard InChI is InChI=1S/C25H41F2N11O2/c1-14(29)20(36-40)12-34-38(25(39)23(32-2)22(16-5-6-16)17-7-8-17)18(10-28)11-33-19(9-21(26)27)24(35-30)37(31)13-15-3-4-15/h10-12,15-17,19,21-23,29,32,40H,3-9,13,28,30-31H2,1-2H3/b18-10+,29-14?,33-11?,34-12+,35-24-,36-20-. The van der Waals surface area contributed by atoms with Crippen molar-refractivity contribution in [2.45, 2.75) is 70.4 Å². The summed E-state index contributed by atoms with van der Waals surface area (Å²) in [6, 6.07) is -1.82. The van der Waals surface area contributed by atoms with Gasteiger partial charge in [0.05, 0.1) is 18.0 Å². The van der Waals surface area contributed by atoms with Crippen molar-refractivity contribution in [1.29, 1.82) is 5.41 Å². The molecule has 15 heteroatoms. The molecule has 0 aromatic rings. The minimum absolute atomic E-state index is 0.0202. The summed E-state index contributed by atoms with van der Waals surface area (Å²) in [6.45, 7) is 1.80. The van der Waals surface area contributed by atoms with Gasteiger partial charge in [-0.15, -0.1) is 0 Å². The lowest BCUT2D eigenvalue weighted by atomic mass is 9.88. The van der Waals surface area contributed by atoms with Crippen molar-refractivity contribution in [3.63, 3.8) is 0 Å². The summed E-state index contributed by atoms with van der Waals surface area (Å²) in [4.78, 5) is 18.2. The summed E-state index contributed by atoms with van der Waals surface area (Å²) in [6.07, 6.45) is 5.95. The molecule has 1 amide bonds. The Bertz CT molecular complexity index is 1040. The summed E-state index contributed by atoms with van der Waals surface area (Å²) in [7, 11) is 1.70. The molecule has 13 nitrogen and oxygen atoms in total. The number of hydrogen-bond acceptors (Lipinski definition) is 11. The van der Waals surface area contributed by atoms with Crippen molar-refractivity contribution in [2.75, 3.05) is 13.6 Å². The van der Waals surface area contributed by atoms with E-state index >= 15 is 0 Å². The number of carbonyl (C=O) groups is 1. The molecule has 3 fully saturated rings. The summed E-state index contributed by atoms with van der Waals surface area (Å²) < 4.78 is 27.0. The first-order valence-electron chi connectivity index (χ1n) is 13.5. The molecule has 0 heterocycles. The zero-order valence-electron chi connectivity index (χ0n) is 23.0. The molecule has 0 bridgehead atoms. The predicted molar refractivity (Wildman–Crippen MR) is 150 cm³/mol. The fourth-order valence-electron chi connectivity index (χ4n) is 4.82. The number of nitrogens with two attached hydrogens (primary N) is 3. The van der Waals surface area contributed by atoms with Gasteiger partial charge in [0.25, 0.3) is 5.91 Å². The van der Waals surface area contributed by atoms with Crippen LogP contribution in [0.1, 0.15) is 51.9 Å². The van der Waals surface area contributed by atoms with Crippen LogP contribution in [0.25, 0.3) is 0 Å². The van der Waals surface area contributed by atoms with E-state index in [2.05, 4.69) is 25.7 Å². The van der Waals surface area contributed by atoms with Crippen molar-refractivity contribution < 1.29 is 18.8 Å².